The minimum absolute atomic E-state index is 0.0744. The molecule has 146 valence electrons. The Balaban J connectivity index is 1.73. The zero-order valence-corrected chi connectivity index (χ0v) is 17.5. The van der Waals surface area contributed by atoms with Gasteiger partial charge in [-0.25, -0.2) is 13.4 Å². The molecule has 0 radical (unpaired) electrons. The van der Waals surface area contributed by atoms with E-state index in [0.29, 0.717) is 30.9 Å². The predicted octanol–water partition coefficient (Wildman–Crippen LogP) is 3.57. The molecular formula is C19H25N3O3S2. The Bertz CT molecular complexity index is 937. The van der Waals surface area contributed by atoms with Crippen molar-refractivity contribution in [3.63, 3.8) is 0 Å². The second kappa shape index (κ2) is 8.08. The van der Waals surface area contributed by atoms with Crippen molar-refractivity contribution < 1.29 is 13.2 Å². The molecule has 1 saturated heterocycles. The third-order valence-electron chi connectivity index (χ3n) is 4.86. The molecule has 1 N–H and O–H groups in total. The highest BCUT2D eigenvalue weighted by Crippen LogP contribution is 2.28. The number of carbonyl (C=O) groups excluding carboxylic acids is 1. The van der Waals surface area contributed by atoms with Gasteiger partial charge in [-0.15, -0.1) is 11.3 Å². The monoisotopic (exact) mass is 407 g/mol. The number of nitrogens with zero attached hydrogens (tertiary/aromatic N) is 2. The summed E-state index contributed by atoms with van der Waals surface area (Å²) in [6.45, 7) is 6.35. The van der Waals surface area contributed by atoms with Crippen molar-refractivity contribution >= 4 is 32.4 Å². The van der Waals surface area contributed by atoms with E-state index in [4.69, 9.17) is 0 Å². The first-order valence-electron chi connectivity index (χ1n) is 9.15. The summed E-state index contributed by atoms with van der Waals surface area (Å²) in [4.78, 5) is 17.2. The Morgan fingerprint density at radius 1 is 1.33 bits per heavy atom. The molecule has 1 aliphatic rings. The van der Waals surface area contributed by atoms with Crippen LogP contribution >= 0.6 is 11.3 Å². The van der Waals surface area contributed by atoms with Crippen LogP contribution in [0, 0.1) is 13.8 Å². The van der Waals surface area contributed by atoms with Gasteiger partial charge in [0.2, 0.25) is 15.9 Å². The first-order valence-corrected chi connectivity index (χ1v) is 11.6. The van der Waals surface area contributed by atoms with Crippen molar-refractivity contribution in [2.24, 2.45) is 0 Å². The number of sulfonamides is 1. The summed E-state index contributed by atoms with van der Waals surface area (Å²) in [5.41, 5.74) is 4.22. The molecule has 1 fully saturated rings. The molecule has 2 aromatic rings. The number of benzene rings is 1. The first-order chi connectivity index (χ1) is 12.8. The van der Waals surface area contributed by atoms with Crippen LogP contribution in [0.1, 0.15) is 37.3 Å². The summed E-state index contributed by atoms with van der Waals surface area (Å²) in [5, 5.41) is 5.20. The quantitative estimate of drug-likeness (QED) is 0.794. The van der Waals surface area contributed by atoms with E-state index in [1.54, 1.807) is 0 Å². The molecule has 2 heterocycles. The standard InChI is InChI=1S/C19H25N3O3S2/c1-4-10-27(24,25)22-9-5-6-17(22)18(23)21-19-20-16(12-26-19)15-8-7-13(2)14(3)11-15/h7-8,11-12,17H,4-6,9-10H2,1-3H3,(H,20,21,23)/t17-/m1/s1. The molecule has 0 spiro atoms. The third kappa shape index (κ3) is 4.39. The molecule has 1 amide bonds. The van der Waals surface area contributed by atoms with E-state index in [1.165, 1.54) is 26.8 Å². The van der Waals surface area contributed by atoms with Crippen molar-refractivity contribution in [1.82, 2.24) is 9.29 Å². The maximum absolute atomic E-state index is 12.7. The van der Waals surface area contributed by atoms with Gasteiger partial charge in [-0.2, -0.15) is 4.31 Å². The van der Waals surface area contributed by atoms with Gasteiger partial charge in [-0.3, -0.25) is 4.79 Å². The molecule has 8 heteroatoms. The van der Waals surface area contributed by atoms with E-state index in [2.05, 4.69) is 36.3 Å². The van der Waals surface area contributed by atoms with Crippen LogP contribution < -0.4 is 5.32 Å². The number of aromatic nitrogens is 1. The summed E-state index contributed by atoms with van der Waals surface area (Å²) in [5.74, 6) is -0.224. The van der Waals surface area contributed by atoms with Crippen LogP contribution in [0.4, 0.5) is 5.13 Å². The normalized spacial score (nSPS) is 18.0. The van der Waals surface area contributed by atoms with Crippen LogP contribution in [0.3, 0.4) is 0 Å². The van der Waals surface area contributed by atoms with Gasteiger partial charge in [0.25, 0.3) is 0 Å². The van der Waals surface area contributed by atoms with Gasteiger partial charge in [0, 0.05) is 17.5 Å². The fraction of sp³-hybridized carbons (Fsp3) is 0.474. The van der Waals surface area contributed by atoms with Crippen molar-refractivity contribution in [2.45, 2.75) is 46.1 Å². The van der Waals surface area contributed by atoms with E-state index in [9.17, 15) is 13.2 Å². The van der Waals surface area contributed by atoms with Crippen molar-refractivity contribution in [3.8, 4) is 11.3 Å². The largest absolute Gasteiger partial charge is 0.301 e. The van der Waals surface area contributed by atoms with Crippen molar-refractivity contribution in [3.05, 3.63) is 34.7 Å². The number of rotatable bonds is 6. The number of anilines is 1. The number of amides is 1. The Labute approximate surface area is 164 Å². The van der Waals surface area contributed by atoms with E-state index >= 15 is 0 Å². The topological polar surface area (TPSA) is 79.4 Å². The molecule has 27 heavy (non-hydrogen) atoms. The zero-order chi connectivity index (χ0) is 19.6. The van der Waals surface area contributed by atoms with E-state index in [0.717, 1.165) is 11.3 Å². The minimum atomic E-state index is -3.39. The summed E-state index contributed by atoms with van der Waals surface area (Å²) < 4.78 is 26.1. The zero-order valence-electron chi connectivity index (χ0n) is 15.9. The molecule has 0 aliphatic carbocycles. The highest BCUT2D eigenvalue weighted by atomic mass is 32.2. The van der Waals surface area contributed by atoms with Gasteiger partial charge in [0.15, 0.2) is 5.13 Å². The number of thiazole rings is 1. The molecular weight excluding hydrogens is 382 g/mol. The molecule has 1 aliphatic heterocycles. The lowest BCUT2D eigenvalue weighted by Gasteiger charge is -2.22. The fourth-order valence-electron chi connectivity index (χ4n) is 3.26. The summed E-state index contributed by atoms with van der Waals surface area (Å²) in [6, 6.07) is 5.50. The van der Waals surface area contributed by atoms with Crippen LogP contribution in [0.25, 0.3) is 11.3 Å². The number of carbonyl (C=O) groups is 1. The average Bonchev–Trinajstić information content (AvgIpc) is 3.27. The van der Waals surface area contributed by atoms with Gasteiger partial charge in [-0.1, -0.05) is 19.1 Å². The number of hydrogen-bond donors (Lipinski definition) is 1. The van der Waals surface area contributed by atoms with Gasteiger partial charge < -0.3 is 5.32 Å². The van der Waals surface area contributed by atoms with Crippen LogP contribution in [0.2, 0.25) is 0 Å². The summed E-state index contributed by atoms with van der Waals surface area (Å²) >= 11 is 1.35. The lowest BCUT2D eigenvalue weighted by Crippen LogP contribution is -2.44. The van der Waals surface area contributed by atoms with Crippen molar-refractivity contribution in [1.29, 1.82) is 0 Å². The summed E-state index contributed by atoms with van der Waals surface area (Å²) in [7, 11) is -3.39. The molecule has 1 atom stereocenters. The van der Waals surface area contributed by atoms with Gasteiger partial charge in [0.05, 0.1) is 11.4 Å². The molecule has 0 unspecified atom stereocenters. The molecule has 1 aromatic heterocycles. The average molecular weight is 408 g/mol. The molecule has 3 rings (SSSR count). The van der Waals surface area contributed by atoms with Crippen molar-refractivity contribution in [2.75, 3.05) is 17.6 Å². The Morgan fingerprint density at radius 2 is 2.11 bits per heavy atom. The Hall–Kier alpha value is -1.77. The highest BCUT2D eigenvalue weighted by molar-refractivity contribution is 7.89. The molecule has 1 aromatic carbocycles. The summed E-state index contributed by atoms with van der Waals surface area (Å²) in [6.07, 6.45) is 1.79. The highest BCUT2D eigenvalue weighted by Gasteiger charge is 2.38. The number of hydrogen-bond acceptors (Lipinski definition) is 5. The van der Waals surface area contributed by atoms with Gasteiger partial charge >= 0.3 is 0 Å². The van der Waals surface area contributed by atoms with Crippen LogP contribution in [-0.2, 0) is 14.8 Å². The second-order valence-corrected chi connectivity index (χ2v) is 9.81. The third-order valence-corrected chi connectivity index (χ3v) is 7.70. The van der Waals surface area contributed by atoms with Crippen LogP contribution in [-0.4, -0.2) is 42.0 Å². The molecule has 6 nitrogen and oxygen atoms in total. The smallest absolute Gasteiger partial charge is 0.244 e. The SMILES string of the molecule is CCCS(=O)(=O)N1CCC[C@@H]1C(=O)Nc1nc(-c2ccc(C)c(C)c2)cs1. The van der Waals surface area contributed by atoms with Crippen LogP contribution in [0.5, 0.6) is 0 Å². The molecule has 0 saturated carbocycles. The van der Waals surface area contributed by atoms with Gasteiger partial charge in [-0.05, 0) is 50.3 Å². The second-order valence-electron chi connectivity index (χ2n) is 6.91. The lowest BCUT2D eigenvalue weighted by atomic mass is 10.1. The maximum atomic E-state index is 12.7. The van der Waals surface area contributed by atoms with E-state index in [-0.39, 0.29) is 11.7 Å². The minimum Gasteiger partial charge on any atom is -0.301 e. The van der Waals surface area contributed by atoms with E-state index in [1.807, 2.05) is 18.4 Å². The van der Waals surface area contributed by atoms with Crippen LogP contribution in [0.15, 0.2) is 23.6 Å². The lowest BCUT2D eigenvalue weighted by molar-refractivity contribution is -0.119. The first kappa shape index (κ1) is 20.0. The van der Waals surface area contributed by atoms with Gasteiger partial charge in [0.1, 0.15) is 6.04 Å². The molecule has 0 bridgehead atoms. The predicted molar refractivity (Wildman–Crippen MR) is 109 cm³/mol. The Morgan fingerprint density at radius 3 is 2.81 bits per heavy atom. The van der Waals surface area contributed by atoms with E-state index < -0.39 is 16.1 Å². The fourth-order valence-corrected chi connectivity index (χ4v) is 5.73. The number of nitrogens with one attached hydrogen (secondary N) is 1. The maximum Gasteiger partial charge on any atom is 0.244 e. The Kier molecular flexibility index (Phi) is 5.98. The number of aryl methyl sites for hydroxylation is 2.